The highest BCUT2D eigenvalue weighted by Crippen LogP contribution is 2.38. The molecule has 5 N–H and O–H groups in total. The molecule has 3 rings (SSSR count). The van der Waals surface area contributed by atoms with E-state index in [4.69, 9.17) is 0 Å². The van der Waals surface area contributed by atoms with Gasteiger partial charge in [-0.2, -0.15) is 0 Å². The number of phenols is 1. The maximum Gasteiger partial charge on any atom is 0.268 e. The predicted octanol–water partition coefficient (Wildman–Crippen LogP) is 1.84. The number of hydrogen-bond acceptors (Lipinski definition) is 3. The molecule has 7 nitrogen and oxygen atoms in total. The molecule has 0 amide bonds. The van der Waals surface area contributed by atoms with Gasteiger partial charge in [-0.1, -0.05) is 17.7 Å². The zero-order chi connectivity index (χ0) is 17.6. The smallest absolute Gasteiger partial charge is 0.268 e. The molecule has 2 aromatic heterocycles. The number of aromatic nitrogens is 4. The molecule has 2 heterocycles. The van der Waals surface area contributed by atoms with E-state index >= 15 is 0 Å². The summed E-state index contributed by atoms with van der Waals surface area (Å²) in [4.78, 5) is 24.7. The third-order valence-corrected chi connectivity index (χ3v) is 4.39. The fourth-order valence-electron chi connectivity index (χ4n) is 3.27. The van der Waals surface area contributed by atoms with E-state index in [0.717, 1.165) is 5.56 Å². The van der Waals surface area contributed by atoms with Crippen LogP contribution in [0.1, 0.15) is 45.1 Å². The van der Waals surface area contributed by atoms with Crippen LogP contribution >= 0.6 is 0 Å². The second kappa shape index (κ2) is 5.59. The number of nitrogens with one attached hydrogen (secondary N) is 4. The molecule has 0 atom stereocenters. The van der Waals surface area contributed by atoms with E-state index in [0.29, 0.717) is 33.6 Å². The van der Waals surface area contributed by atoms with Crippen molar-refractivity contribution in [2.45, 2.75) is 33.6 Å². The number of hydrogen-bond donors (Lipinski definition) is 5. The molecule has 1 aromatic carbocycles. The van der Waals surface area contributed by atoms with Crippen LogP contribution in [0, 0.1) is 27.7 Å². The molecule has 126 valence electrons. The van der Waals surface area contributed by atoms with Gasteiger partial charge in [-0.25, -0.2) is 0 Å². The Balaban J connectivity index is 2.41. The summed E-state index contributed by atoms with van der Waals surface area (Å²) in [7, 11) is 0. The van der Waals surface area contributed by atoms with Crippen molar-refractivity contribution in [3.05, 3.63) is 72.0 Å². The zero-order valence-corrected chi connectivity index (χ0v) is 14.0. The molecule has 0 radical (unpaired) electrons. The highest BCUT2D eigenvalue weighted by molar-refractivity contribution is 5.53. The first-order chi connectivity index (χ1) is 11.3. The summed E-state index contributed by atoms with van der Waals surface area (Å²) in [6, 6.07) is 3.67. The summed E-state index contributed by atoms with van der Waals surface area (Å²) in [6.07, 6.45) is 0. The molecular weight excluding hydrogens is 308 g/mol. The molecule has 0 aliphatic heterocycles. The maximum absolute atomic E-state index is 12.4. The molecule has 3 aromatic rings. The normalized spacial score (nSPS) is 11.4. The maximum atomic E-state index is 12.4. The summed E-state index contributed by atoms with van der Waals surface area (Å²) < 4.78 is 0. The number of aromatic hydroxyl groups is 1. The van der Waals surface area contributed by atoms with Crippen LogP contribution < -0.4 is 11.1 Å². The molecule has 0 unspecified atom stereocenters. The highest BCUT2D eigenvalue weighted by Gasteiger charge is 2.30. The molecular formula is C17H20N4O3. The Morgan fingerprint density at radius 1 is 0.833 bits per heavy atom. The summed E-state index contributed by atoms with van der Waals surface area (Å²) >= 11 is 0. The Labute approximate surface area is 137 Å². The number of phenolic OH excluding ortho intramolecular Hbond substituents is 1. The monoisotopic (exact) mass is 328 g/mol. The van der Waals surface area contributed by atoms with Gasteiger partial charge in [0.1, 0.15) is 5.75 Å². The second-order valence-electron chi connectivity index (χ2n) is 6.19. The fourth-order valence-corrected chi connectivity index (χ4v) is 3.27. The molecule has 24 heavy (non-hydrogen) atoms. The Morgan fingerprint density at radius 3 is 1.75 bits per heavy atom. The van der Waals surface area contributed by atoms with Gasteiger partial charge in [-0.15, -0.1) is 0 Å². The summed E-state index contributed by atoms with van der Waals surface area (Å²) in [6.45, 7) is 7.23. The van der Waals surface area contributed by atoms with Crippen LogP contribution in [0.3, 0.4) is 0 Å². The number of H-pyrrole nitrogens is 4. The summed E-state index contributed by atoms with van der Waals surface area (Å²) in [5.41, 5.74) is 3.66. The van der Waals surface area contributed by atoms with Gasteiger partial charge in [0.15, 0.2) is 0 Å². The van der Waals surface area contributed by atoms with E-state index in [-0.39, 0.29) is 16.9 Å². The molecule has 0 fully saturated rings. The van der Waals surface area contributed by atoms with E-state index < -0.39 is 5.92 Å². The van der Waals surface area contributed by atoms with Crippen molar-refractivity contribution in [2.24, 2.45) is 0 Å². The van der Waals surface area contributed by atoms with Crippen molar-refractivity contribution >= 4 is 0 Å². The van der Waals surface area contributed by atoms with Crippen LogP contribution in [0.25, 0.3) is 0 Å². The van der Waals surface area contributed by atoms with Crippen molar-refractivity contribution in [3.8, 4) is 5.75 Å². The summed E-state index contributed by atoms with van der Waals surface area (Å²) in [5, 5.41) is 21.3. The van der Waals surface area contributed by atoms with Crippen LogP contribution in [-0.2, 0) is 0 Å². The fraction of sp³-hybridized carbons (Fsp3) is 0.294. The average molecular weight is 328 g/mol. The Hall–Kier alpha value is -2.96. The minimum Gasteiger partial charge on any atom is -0.507 e. The topological polar surface area (TPSA) is 118 Å². The van der Waals surface area contributed by atoms with Crippen LogP contribution in [0.4, 0.5) is 0 Å². The van der Waals surface area contributed by atoms with Gasteiger partial charge in [-0.05, 0) is 33.3 Å². The predicted molar refractivity (Wildman–Crippen MR) is 90.8 cm³/mol. The first kappa shape index (κ1) is 15.9. The lowest BCUT2D eigenvalue weighted by molar-refractivity contribution is 0.462. The van der Waals surface area contributed by atoms with Crippen molar-refractivity contribution in [1.82, 2.24) is 20.4 Å². The lowest BCUT2D eigenvalue weighted by Gasteiger charge is -2.19. The SMILES string of the molecule is Cc1cc(C)c(O)c(C(c2c(C)[nH][nH]c2=O)c2c(C)[nH][nH]c2=O)c1. The average Bonchev–Trinajstić information content (AvgIpc) is 3.01. The minimum absolute atomic E-state index is 0.0885. The van der Waals surface area contributed by atoms with Crippen molar-refractivity contribution in [3.63, 3.8) is 0 Å². The second-order valence-corrected chi connectivity index (χ2v) is 6.19. The lowest BCUT2D eigenvalue weighted by atomic mass is 9.83. The Kier molecular flexibility index (Phi) is 3.71. The molecule has 0 saturated heterocycles. The molecule has 0 spiro atoms. The van der Waals surface area contributed by atoms with Crippen LogP contribution in [-0.4, -0.2) is 25.5 Å². The Morgan fingerprint density at radius 2 is 1.33 bits per heavy atom. The largest absolute Gasteiger partial charge is 0.507 e. The third kappa shape index (κ3) is 2.38. The standard InChI is InChI=1S/C17H20N4O3/c1-7-5-8(2)15(22)11(6-7)14(12-9(3)18-20-16(12)23)13-10(4)19-21-17(13)24/h5-6,14,22H,1-4H3,(H2,18,20,23)(H2,19,21,24). The Bertz CT molecular complexity index is 965. The van der Waals surface area contributed by atoms with E-state index in [9.17, 15) is 14.7 Å². The zero-order valence-electron chi connectivity index (χ0n) is 14.0. The van der Waals surface area contributed by atoms with Gasteiger partial charge in [0.25, 0.3) is 11.1 Å². The van der Waals surface area contributed by atoms with Crippen LogP contribution in [0.15, 0.2) is 21.7 Å². The van der Waals surface area contributed by atoms with Gasteiger partial charge >= 0.3 is 0 Å². The molecule has 0 aliphatic carbocycles. The first-order valence-electron chi connectivity index (χ1n) is 7.65. The highest BCUT2D eigenvalue weighted by atomic mass is 16.3. The molecule has 0 aliphatic rings. The summed E-state index contributed by atoms with van der Waals surface area (Å²) in [5.74, 6) is -0.584. The molecule has 0 bridgehead atoms. The van der Waals surface area contributed by atoms with Crippen molar-refractivity contribution < 1.29 is 5.11 Å². The number of benzene rings is 1. The quantitative estimate of drug-likeness (QED) is 0.505. The molecule has 0 saturated carbocycles. The van der Waals surface area contributed by atoms with Crippen LogP contribution in [0.5, 0.6) is 5.75 Å². The van der Waals surface area contributed by atoms with Gasteiger partial charge in [0.2, 0.25) is 0 Å². The lowest BCUT2D eigenvalue weighted by Crippen LogP contribution is -2.20. The van der Waals surface area contributed by atoms with E-state index in [2.05, 4.69) is 20.4 Å². The van der Waals surface area contributed by atoms with Gasteiger partial charge in [0.05, 0.1) is 17.0 Å². The molecule has 7 heteroatoms. The van der Waals surface area contributed by atoms with Gasteiger partial charge < -0.3 is 15.3 Å². The number of aromatic amines is 4. The minimum atomic E-state index is -0.673. The van der Waals surface area contributed by atoms with Gasteiger partial charge in [0, 0.05) is 17.0 Å². The first-order valence-corrected chi connectivity index (χ1v) is 7.65. The van der Waals surface area contributed by atoms with Gasteiger partial charge in [-0.3, -0.25) is 19.8 Å². The van der Waals surface area contributed by atoms with E-state index in [1.165, 1.54) is 0 Å². The van der Waals surface area contributed by atoms with Crippen LogP contribution in [0.2, 0.25) is 0 Å². The van der Waals surface area contributed by atoms with E-state index in [1.54, 1.807) is 20.8 Å². The van der Waals surface area contributed by atoms with Crippen molar-refractivity contribution in [1.29, 1.82) is 0 Å². The number of rotatable bonds is 3. The third-order valence-electron chi connectivity index (χ3n) is 4.39. The number of aryl methyl sites for hydroxylation is 4. The van der Waals surface area contributed by atoms with E-state index in [1.807, 2.05) is 19.1 Å². The van der Waals surface area contributed by atoms with Crippen molar-refractivity contribution in [2.75, 3.05) is 0 Å².